The predicted molar refractivity (Wildman–Crippen MR) is 82.1 cm³/mol. The third-order valence-electron chi connectivity index (χ3n) is 3.49. The molecule has 0 aliphatic rings. The second-order valence-electron chi connectivity index (χ2n) is 5.01. The summed E-state index contributed by atoms with van der Waals surface area (Å²) in [5.41, 5.74) is 9.40. The quantitative estimate of drug-likeness (QED) is 0.781. The van der Waals surface area contributed by atoms with Crippen LogP contribution in [-0.4, -0.2) is 19.6 Å². The Morgan fingerprint density at radius 3 is 2.71 bits per heavy atom. The topological polar surface area (TPSA) is 61.7 Å². The molecule has 0 radical (unpaired) electrons. The summed E-state index contributed by atoms with van der Waals surface area (Å²) in [4.78, 5) is 0. The lowest BCUT2D eigenvalue weighted by Crippen LogP contribution is -2.17. The van der Waals surface area contributed by atoms with Crippen molar-refractivity contribution in [3.05, 3.63) is 66.2 Å². The molecule has 3 aromatic rings. The average Bonchev–Trinajstić information content (AvgIpc) is 3.17. The molecule has 1 aromatic carbocycles. The number of para-hydroxylation sites is 1. The largest absolute Gasteiger partial charge is 0.319 e. The van der Waals surface area contributed by atoms with E-state index in [9.17, 15) is 0 Å². The summed E-state index contributed by atoms with van der Waals surface area (Å²) in [6, 6.07) is 11.8. The Bertz CT molecular complexity index is 698. The van der Waals surface area contributed by atoms with E-state index < -0.39 is 0 Å². The molecule has 0 saturated carbocycles. The van der Waals surface area contributed by atoms with Gasteiger partial charge in [-0.05, 0) is 24.6 Å². The van der Waals surface area contributed by atoms with E-state index in [1.165, 1.54) is 0 Å². The van der Waals surface area contributed by atoms with Gasteiger partial charge in [0.15, 0.2) is 0 Å². The van der Waals surface area contributed by atoms with Crippen LogP contribution < -0.4 is 5.73 Å². The van der Waals surface area contributed by atoms with E-state index in [2.05, 4.69) is 17.1 Å². The first-order valence-electron chi connectivity index (χ1n) is 7.17. The number of nitrogens with two attached hydrogens (primary N) is 1. The third-order valence-corrected chi connectivity index (χ3v) is 3.49. The molecular weight excluding hydrogens is 262 g/mol. The maximum absolute atomic E-state index is 6.37. The maximum Gasteiger partial charge on any atom is 0.0754 e. The number of hydrogen-bond acceptors (Lipinski definition) is 3. The van der Waals surface area contributed by atoms with Crippen LogP contribution in [0.2, 0.25) is 0 Å². The van der Waals surface area contributed by atoms with Gasteiger partial charge in [0.1, 0.15) is 0 Å². The Hall–Kier alpha value is -2.40. The summed E-state index contributed by atoms with van der Waals surface area (Å²) in [6.45, 7) is 3.01. The zero-order chi connectivity index (χ0) is 14.7. The fraction of sp³-hybridized carbons (Fsp3) is 0.250. The van der Waals surface area contributed by atoms with Gasteiger partial charge in [0, 0.05) is 24.5 Å². The second kappa shape index (κ2) is 5.93. The monoisotopic (exact) mass is 281 g/mol. The fourth-order valence-corrected chi connectivity index (χ4v) is 2.40. The van der Waals surface area contributed by atoms with Crippen LogP contribution in [0, 0.1) is 0 Å². The standard InChI is InChI=1S/C16H19N5/c1-2-10-20-15(8-9-18-20)16(17)13-11-19-21(12-13)14-6-4-3-5-7-14/h3-9,11-12,16H,2,10,17H2,1H3. The molecule has 0 aliphatic heterocycles. The van der Waals surface area contributed by atoms with Gasteiger partial charge in [-0.1, -0.05) is 25.1 Å². The normalized spacial score (nSPS) is 12.5. The summed E-state index contributed by atoms with van der Waals surface area (Å²) < 4.78 is 3.81. The first-order valence-corrected chi connectivity index (χ1v) is 7.17. The Morgan fingerprint density at radius 1 is 1.14 bits per heavy atom. The zero-order valence-electron chi connectivity index (χ0n) is 12.1. The lowest BCUT2D eigenvalue weighted by molar-refractivity contribution is 0.560. The van der Waals surface area contributed by atoms with Crippen molar-refractivity contribution < 1.29 is 0 Å². The zero-order valence-corrected chi connectivity index (χ0v) is 12.1. The minimum atomic E-state index is -0.212. The lowest BCUT2D eigenvalue weighted by atomic mass is 10.1. The first-order chi connectivity index (χ1) is 10.3. The molecule has 21 heavy (non-hydrogen) atoms. The molecule has 0 saturated heterocycles. The molecule has 2 N–H and O–H groups in total. The molecule has 108 valence electrons. The maximum atomic E-state index is 6.37. The molecule has 0 spiro atoms. The van der Waals surface area contributed by atoms with Gasteiger partial charge in [-0.15, -0.1) is 0 Å². The molecule has 0 amide bonds. The fourth-order valence-electron chi connectivity index (χ4n) is 2.40. The molecule has 5 heteroatoms. The van der Waals surface area contributed by atoms with E-state index >= 15 is 0 Å². The molecule has 1 atom stereocenters. The molecule has 1 unspecified atom stereocenters. The SMILES string of the molecule is CCCn1nccc1C(N)c1cnn(-c2ccccc2)c1. The Labute approximate surface area is 124 Å². The second-order valence-corrected chi connectivity index (χ2v) is 5.01. The molecule has 3 rings (SSSR count). The van der Waals surface area contributed by atoms with Crippen molar-refractivity contribution in [2.45, 2.75) is 25.9 Å². The van der Waals surface area contributed by atoms with Crippen molar-refractivity contribution in [2.75, 3.05) is 0 Å². The highest BCUT2D eigenvalue weighted by atomic mass is 15.3. The number of rotatable bonds is 5. The smallest absolute Gasteiger partial charge is 0.0754 e. The summed E-state index contributed by atoms with van der Waals surface area (Å²) in [5.74, 6) is 0. The van der Waals surface area contributed by atoms with Gasteiger partial charge in [-0.2, -0.15) is 10.2 Å². The van der Waals surface area contributed by atoms with Crippen LogP contribution in [0.3, 0.4) is 0 Å². The summed E-state index contributed by atoms with van der Waals surface area (Å²) >= 11 is 0. The van der Waals surface area contributed by atoms with Crippen LogP contribution in [0.5, 0.6) is 0 Å². The van der Waals surface area contributed by atoms with Gasteiger partial charge in [0.05, 0.1) is 23.6 Å². The lowest BCUT2D eigenvalue weighted by Gasteiger charge is -2.12. The predicted octanol–water partition coefficient (Wildman–Crippen LogP) is 2.53. The van der Waals surface area contributed by atoms with E-state index in [1.54, 1.807) is 6.20 Å². The van der Waals surface area contributed by atoms with Crippen LogP contribution >= 0.6 is 0 Å². The highest BCUT2D eigenvalue weighted by Gasteiger charge is 2.15. The third kappa shape index (κ3) is 2.73. The number of benzene rings is 1. The molecule has 0 bridgehead atoms. The van der Waals surface area contributed by atoms with Gasteiger partial charge in [-0.25, -0.2) is 4.68 Å². The van der Waals surface area contributed by atoms with Crippen molar-refractivity contribution in [1.82, 2.24) is 19.6 Å². The van der Waals surface area contributed by atoms with Crippen molar-refractivity contribution in [3.8, 4) is 5.69 Å². The van der Waals surface area contributed by atoms with E-state index in [-0.39, 0.29) is 6.04 Å². The summed E-state index contributed by atoms with van der Waals surface area (Å²) in [6.07, 6.45) is 6.63. The first kappa shape index (κ1) is 13.6. The average molecular weight is 281 g/mol. The molecule has 5 nitrogen and oxygen atoms in total. The molecule has 0 aliphatic carbocycles. The van der Waals surface area contributed by atoms with Crippen LogP contribution in [0.4, 0.5) is 0 Å². The van der Waals surface area contributed by atoms with Crippen LogP contribution in [0.25, 0.3) is 5.69 Å². The van der Waals surface area contributed by atoms with Crippen LogP contribution in [0.1, 0.15) is 30.6 Å². The van der Waals surface area contributed by atoms with Gasteiger partial charge in [0.2, 0.25) is 0 Å². The number of aromatic nitrogens is 4. The Balaban J connectivity index is 1.87. The number of aryl methyl sites for hydroxylation is 1. The molecular formula is C16H19N5. The van der Waals surface area contributed by atoms with Gasteiger partial charge < -0.3 is 5.73 Å². The minimum Gasteiger partial charge on any atom is -0.319 e. The Morgan fingerprint density at radius 2 is 1.95 bits per heavy atom. The number of nitrogens with zero attached hydrogens (tertiary/aromatic N) is 4. The van der Waals surface area contributed by atoms with Gasteiger partial charge in [-0.3, -0.25) is 4.68 Å². The highest BCUT2D eigenvalue weighted by Crippen LogP contribution is 2.20. The highest BCUT2D eigenvalue weighted by molar-refractivity contribution is 5.32. The van der Waals surface area contributed by atoms with Crippen molar-refractivity contribution in [2.24, 2.45) is 5.73 Å². The summed E-state index contributed by atoms with van der Waals surface area (Å²) in [5, 5.41) is 8.73. The summed E-state index contributed by atoms with van der Waals surface area (Å²) in [7, 11) is 0. The van der Waals surface area contributed by atoms with Crippen LogP contribution in [0.15, 0.2) is 55.0 Å². The van der Waals surface area contributed by atoms with E-state index in [0.29, 0.717) is 0 Å². The van der Waals surface area contributed by atoms with E-state index in [4.69, 9.17) is 5.73 Å². The number of hydrogen-bond donors (Lipinski definition) is 1. The van der Waals surface area contributed by atoms with Crippen LogP contribution in [-0.2, 0) is 6.54 Å². The van der Waals surface area contributed by atoms with E-state index in [1.807, 2.05) is 58.2 Å². The molecule has 0 fully saturated rings. The van der Waals surface area contributed by atoms with E-state index in [0.717, 1.165) is 29.9 Å². The van der Waals surface area contributed by atoms with Crippen molar-refractivity contribution in [3.63, 3.8) is 0 Å². The molecule has 2 heterocycles. The van der Waals surface area contributed by atoms with Gasteiger partial charge >= 0.3 is 0 Å². The Kier molecular flexibility index (Phi) is 3.83. The van der Waals surface area contributed by atoms with Crippen molar-refractivity contribution >= 4 is 0 Å². The van der Waals surface area contributed by atoms with Crippen molar-refractivity contribution in [1.29, 1.82) is 0 Å². The van der Waals surface area contributed by atoms with Gasteiger partial charge in [0.25, 0.3) is 0 Å². The molecule has 2 aromatic heterocycles. The minimum absolute atomic E-state index is 0.212.